The summed E-state index contributed by atoms with van der Waals surface area (Å²) < 4.78 is 0. The predicted molar refractivity (Wildman–Crippen MR) is 108 cm³/mol. The summed E-state index contributed by atoms with van der Waals surface area (Å²) in [5.74, 6) is -2.06. The second-order valence-electron chi connectivity index (χ2n) is 7.26. The SMILES string of the molecule is CC(CN(C(=O)c1ccc(NCc2ccccc2)c([N+](=O)[O-])c1)C1CC1)C(=O)O. The van der Waals surface area contributed by atoms with Gasteiger partial charge in [-0.05, 0) is 30.5 Å². The first-order chi connectivity index (χ1) is 13.9. The van der Waals surface area contributed by atoms with E-state index >= 15 is 0 Å². The molecule has 1 aliphatic carbocycles. The minimum absolute atomic E-state index is 0.000705. The highest BCUT2D eigenvalue weighted by Crippen LogP contribution is 2.31. The van der Waals surface area contributed by atoms with Crippen molar-refractivity contribution in [2.75, 3.05) is 11.9 Å². The lowest BCUT2D eigenvalue weighted by Gasteiger charge is -2.24. The summed E-state index contributed by atoms with van der Waals surface area (Å²) in [6.07, 6.45) is 1.63. The van der Waals surface area contributed by atoms with E-state index in [1.54, 1.807) is 13.0 Å². The summed E-state index contributed by atoms with van der Waals surface area (Å²) >= 11 is 0. The van der Waals surface area contributed by atoms with Crippen LogP contribution in [0.2, 0.25) is 0 Å². The highest BCUT2D eigenvalue weighted by atomic mass is 16.6. The molecule has 0 saturated heterocycles. The van der Waals surface area contributed by atoms with Gasteiger partial charge in [-0.25, -0.2) is 0 Å². The van der Waals surface area contributed by atoms with Crippen LogP contribution in [0.5, 0.6) is 0 Å². The van der Waals surface area contributed by atoms with E-state index in [0.717, 1.165) is 18.4 Å². The maximum atomic E-state index is 12.9. The lowest BCUT2D eigenvalue weighted by molar-refractivity contribution is -0.384. The largest absolute Gasteiger partial charge is 0.481 e. The number of hydrogen-bond acceptors (Lipinski definition) is 5. The molecule has 0 aromatic heterocycles. The zero-order valence-corrected chi connectivity index (χ0v) is 16.1. The molecule has 29 heavy (non-hydrogen) atoms. The van der Waals surface area contributed by atoms with Crippen molar-refractivity contribution in [2.24, 2.45) is 5.92 Å². The predicted octanol–water partition coefficient (Wildman–Crippen LogP) is 3.53. The summed E-state index contributed by atoms with van der Waals surface area (Å²) in [4.78, 5) is 36.7. The van der Waals surface area contributed by atoms with Gasteiger partial charge in [0, 0.05) is 30.8 Å². The molecule has 1 fully saturated rings. The average molecular weight is 397 g/mol. The van der Waals surface area contributed by atoms with E-state index in [1.165, 1.54) is 17.0 Å². The molecule has 1 saturated carbocycles. The molecule has 8 heteroatoms. The first-order valence-electron chi connectivity index (χ1n) is 9.47. The number of nitrogens with one attached hydrogen (secondary N) is 1. The minimum Gasteiger partial charge on any atom is -0.481 e. The molecular formula is C21H23N3O5. The summed E-state index contributed by atoms with van der Waals surface area (Å²) in [6, 6.07) is 13.8. The van der Waals surface area contributed by atoms with Crippen molar-refractivity contribution in [3.8, 4) is 0 Å². The average Bonchev–Trinajstić information content (AvgIpc) is 3.55. The molecule has 0 heterocycles. The number of nitro groups is 1. The number of carbonyl (C=O) groups excluding carboxylic acids is 1. The third kappa shape index (κ3) is 5.10. The van der Waals surface area contributed by atoms with E-state index in [4.69, 9.17) is 5.11 Å². The van der Waals surface area contributed by atoms with Gasteiger partial charge in [-0.2, -0.15) is 0 Å². The molecule has 2 N–H and O–H groups in total. The third-order valence-electron chi connectivity index (χ3n) is 4.91. The Labute approximate surface area is 168 Å². The molecule has 1 atom stereocenters. The van der Waals surface area contributed by atoms with Crippen LogP contribution >= 0.6 is 0 Å². The van der Waals surface area contributed by atoms with Crippen molar-refractivity contribution >= 4 is 23.3 Å². The number of aliphatic carboxylic acids is 1. The Balaban J connectivity index is 1.80. The zero-order valence-electron chi connectivity index (χ0n) is 16.1. The molecule has 0 radical (unpaired) electrons. The molecule has 1 unspecified atom stereocenters. The van der Waals surface area contributed by atoms with E-state index < -0.39 is 16.8 Å². The first kappa shape index (κ1) is 20.3. The fourth-order valence-corrected chi connectivity index (χ4v) is 3.08. The van der Waals surface area contributed by atoms with E-state index in [0.29, 0.717) is 12.2 Å². The number of carbonyl (C=O) groups is 2. The molecule has 2 aromatic carbocycles. The van der Waals surface area contributed by atoms with Gasteiger partial charge in [0.25, 0.3) is 11.6 Å². The fraction of sp³-hybridized carbons (Fsp3) is 0.333. The molecule has 0 spiro atoms. The summed E-state index contributed by atoms with van der Waals surface area (Å²) in [5, 5.41) is 23.8. The van der Waals surface area contributed by atoms with Gasteiger partial charge < -0.3 is 15.3 Å². The number of carboxylic acids is 1. The highest BCUT2D eigenvalue weighted by Gasteiger charge is 2.35. The Morgan fingerprint density at radius 1 is 1.24 bits per heavy atom. The second-order valence-corrected chi connectivity index (χ2v) is 7.26. The smallest absolute Gasteiger partial charge is 0.308 e. The van der Waals surface area contributed by atoms with Gasteiger partial charge >= 0.3 is 5.97 Å². The quantitative estimate of drug-likeness (QED) is 0.494. The van der Waals surface area contributed by atoms with Crippen LogP contribution in [0, 0.1) is 16.0 Å². The minimum atomic E-state index is -0.977. The number of anilines is 1. The van der Waals surface area contributed by atoms with Crippen LogP contribution < -0.4 is 5.32 Å². The molecule has 0 aliphatic heterocycles. The Bertz CT molecular complexity index is 912. The van der Waals surface area contributed by atoms with E-state index in [-0.39, 0.29) is 29.7 Å². The number of hydrogen-bond donors (Lipinski definition) is 2. The zero-order chi connectivity index (χ0) is 21.0. The van der Waals surface area contributed by atoms with Crippen molar-refractivity contribution < 1.29 is 19.6 Å². The highest BCUT2D eigenvalue weighted by molar-refractivity contribution is 5.96. The van der Waals surface area contributed by atoms with Gasteiger partial charge in [0.2, 0.25) is 0 Å². The molecule has 0 bridgehead atoms. The van der Waals surface area contributed by atoms with Gasteiger partial charge in [0.1, 0.15) is 5.69 Å². The Morgan fingerprint density at radius 2 is 1.93 bits per heavy atom. The lowest BCUT2D eigenvalue weighted by Crippen LogP contribution is -2.38. The number of benzene rings is 2. The maximum absolute atomic E-state index is 12.9. The van der Waals surface area contributed by atoms with E-state index in [9.17, 15) is 19.7 Å². The van der Waals surface area contributed by atoms with Crippen LogP contribution in [0.1, 0.15) is 35.7 Å². The van der Waals surface area contributed by atoms with Crippen LogP contribution in [0.3, 0.4) is 0 Å². The van der Waals surface area contributed by atoms with Crippen LogP contribution in [0.4, 0.5) is 11.4 Å². The monoisotopic (exact) mass is 397 g/mol. The summed E-state index contributed by atoms with van der Waals surface area (Å²) in [5.41, 5.74) is 1.30. The summed E-state index contributed by atoms with van der Waals surface area (Å²) in [7, 11) is 0. The van der Waals surface area contributed by atoms with Crippen molar-refractivity contribution in [3.63, 3.8) is 0 Å². The Morgan fingerprint density at radius 3 is 2.52 bits per heavy atom. The number of nitro benzene ring substituents is 1. The Kier molecular flexibility index (Phi) is 6.11. The van der Waals surface area contributed by atoms with E-state index in [2.05, 4.69) is 5.32 Å². The molecule has 3 rings (SSSR count). The Hall–Kier alpha value is -3.42. The standard InChI is InChI=1S/C21H23N3O5/c1-14(21(26)27)13-23(17-8-9-17)20(25)16-7-10-18(19(11-16)24(28)29)22-12-15-5-3-2-4-6-15/h2-7,10-11,14,17,22H,8-9,12-13H2,1H3,(H,26,27). The summed E-state index contributed by atoms with van der Waals surface area (Å²) in [6.45, 7) is 2.05. The van der Waals surface area contributed by atoms with Crippen molar-refractivity contribution in [2.45, 2.75) is 32.4 Å². The number of rotatable bonds is 9. The van der Waals surface area contributed by atoms with Gasteiger partial charge in [0.05, 0.1) is 10.8 Å². The maximum Gasteiger partial charge on any atom is 0.308 e. The number of amides is 1. The van der Waals surface area contributed by atoms with Crippen molar-refractivity contribution in [1.29, 1.82) is 0 Å². The lowest BCUT2D eigenvalue weighted by atomic mass is 10.1. The number of nitrogens with zero attached hydrogens (tertiary/aromatic N) is 2. The van der Waals surface area contributed by atoms with Crippen molar-refractivity contribution in [3.05, 3.63) is 69.8 Å². The topological polar surface area (TPSA) is 113 Å². The van der Waals surface area contributed by atoms with Crippen LogP contribution in [0.25, 0.3) is 0 Å². The van der Waals surface area contributed by atoms with Crippen LogP contribution in [-0.2, 0) is 11.3 Å². The van der Waals surface area contributed by atoms with Gasteiger partial charge in [-0.15, -0.1) is 0 Å². The number of carboxylic acid groups (broad SMARTS) is 1. The van der Waals surface area contributed by atoms with Crippen LogP contribution in [-0.4, -0.2) is 39.4 Å². The first-order valence-corrected chi connectivity index (χ1v) is 9.47. The third-order valence-corrected chi connectivity index (χ3v) is 4.91. The molecular weight excluding hydrogens is 374 g/mol. The normalized spacial score (nSPS) is 14.1. The van der Waals surface area contributed by atoms with Gasteiger partial charge in [-0.1, -0.05) is 37.3 Å². The molecule has 2 aromatic rings. The van der Waals surface area contributed by atoms with Gasteiger partial charge in [0.15, 0.2) is 0 Å². The molecule has 8 nitrogen and oxygen atoms in total. The molecule has 1 amide bonds. The van der Waals surface area contributed by atoms with Crippen LogP contribution in [0.15, 0.2) is 48.5 Å². The van der Waals surface area contributed by atoms with E-state index in [1.807, 2.05) is 30.3 Å². The fourth-order valence-electron chi connectivity index (χ4n) is 3.08. The molecule has 1 aliphatic rings. The van der Waals surface area contributed by atoms with Crippen molar-refractivity contribution in [1.82, 2.24) is 4.90 Å². The van der Waals surface area contributed by atoms with Gasteiger partial charge in [-0.3, -0.25) is 19.7 Å². The molecule has 152 valence electrons. The second kappa shape index (κ2) is 8.72.